The number of hydrogen-bond donors (Lipinski definition) is 1. The van der Waals surface area contributed by atoms with Gasteiger partial charge in [-0.25, -0.2) is 0 Å². The average Bonchev–Trinajstić information content (AvgIpc) is 2.16. The quantitative estimate of drug-likeness (QED) is 0.628. The first-order valence-electron chi connectivity index (χ1n) is 6.09. The van der Waals surface area contributed by atoms with Crippen LogP contribution >= 0.6 is 0 Å². The number of ether oxygens (including phenoxy) is 1. The number of rotatable bonds is 8. The molecule has 0 aromatic carbocycles. The first kappa shape index (κ1) is 14.9. The first-order chi connectivity index (χ1) is 6.83. The molecule has 0 aliphatic rings. The van der Waals surface area contributed by atoms with E-state index in [2.05, 4.69) is 39.9 Å². The van der Waals surface area contributed by atoms with E-state index in [1.807, 2.05) is 0 Å². The minimum Gasteiger partial charge on any atom is -0.379 e. The Balaban J connectivity index is 3.82. The van der Waals surface area contributed by atoms with Gasteiger partial charge in [-0.3, -0.25) is 0 Å². The third kappa shape index (κ3) is 7.80. The van der Waals surface area contributed by atoms with E-state index >= 15 is 0 Å². The zero-order chi connectivity index (χ0) is 11.9. The van der Waals surface area contributed by atoms with Crippen LogP contribution in [-0.2, 0) is 4.74 Å². The molecule has 0 atom stereocenters. The van der Waals surface area contributed by atoms with Crippen molar-refractivity contribution >= 4 is 0 Å². The highest BCUT2D eigenvalue weighted by Gasteiger charge is 2.23. The summed E-state index contributed by atoms with van der Waals surface area (Å²) in [4.78, 5) is 0. The summed E-state index contributed by atoms with van der Waals surface area (Å²) < 4.78 is 5.44. The van der Waals surface area contributed by atoms with Crippen LogP contribution in [0, 0.1) is 5.41 Å². The van der Waals surface area contributed by atoms with Crippen LogP contribution in [-0.4, -0.2) is 25.8 Å². The molecule has 0 spiro atoms. The van der Waals surface area contributed by atoms with Gasteiger partial charge in [0, 0.05) is 13.7 Å². The molecule has 2 nitrogen and oxygen atoms in total. The van der Waals surface area contributed by atoms with E-state index in [9.17, 15) is 0 Å². The Morgan fingerprint density at radius 1 is 1.07 bits per heavy atom. The molecular weight excluding hydrogens is 186 g/mol. The second-order valence-electron chi connectivity index (χ2n) is 5.80. The van der Waals surface area contributed by atoms with Crippen LogP contribution in [0.5, 0.6) is 0 Å². The molecule has 92 valence electrons. The van der Waals surface area contributed by atoms with Crippen molar-refractivity contribution in [3.05, 3.63) is 0 Å². The van der Waals surface area contributed by atoms with Gasteiger partial charge >= 0.3 is 0 Å². The third-order valence-electron chi connectivity index (χ3n) is 2.99. The molecule has 0 aliphatic heterocycles. The van der Waals surface area contributed by atoms with Crippen LogP contribution in [0.3, 0.4) is 0 Å². The Hall–Kier alpha value is -0.0800. The van der Waals surface area contributed by atoms with E-state index in [4.69, 9.17) is 4.74 Å². The van der Waals surface area contributed by atoms with E-state index in [1.54, 1.807) is 7.11 Å². The maximum absolute atomic E-state index is 5.44. The molecule has 0 fully saturated rings. The molecule has 0 saturated heterocycles. The van der Waals surface area contributed by atoms with Crippen molar-refractivity contribution in [1.29, 1.82) is 0 Å². The molecule has 1 N–H and O–H groups in total. The van der Waals surface area contributed by atoms with Gasteiger partial charge in [0.15, 0.2) is 0 Å². The zero-order valence-corrected chi connectivity index (χ0v) is 11.4. The molecule has 0 heterocycles. The first-order valence-corrected chi connectivity index (χ1v) is 6.09. The van der Waals surface area contributed by atoms with Gasteiger partial charge < -0.3 is 10.1 Å². The molecule has 2 heteroatoms. The summed E-state index contributed by atoms with van der Waals surface area (Å²) in [5.41, 5.74) is 0.382. The monoisotopic (exact) mass is 215 g/mol. The van der Waals surface area contributed by atoms with Gasteiger partial charge in [-0.1, -0.05) is 20.8 Å². The smallest absolute Gasteiger partial charge is 0.0623 e. The fourth-order valence-electron chi connectivity index (χ4n) is 1.43. The molecule has 0 rings (SSSR count). The van der Waals surface area contributed by atoms with E-state index in [0.29, 0.717) is 5.41 Å². The summed E-state index contributed by atoms with van der Waals surface area (Å²) in [6, 6.07) is 0. The lowest BCUT2D eigenvalue weighted by molar-refractivity contribution is 0.00592. The second kappa shape index (κ2) is 6.49. The van der Waals surface area contributed by atoms with Crippen LogP contribution < -0.4 is 5.32 Å². The van der Waals surface area contributed by atoms with Gasteiger partial charge in [-0.2, -0.15) is 0 Å². The van der Waals surface area contributed by atoms with Crippen LogP contribution in [0.2, 0.25) is 0 Å². The Morgan fingerprint density at radius 2 is 1.67 bits per heavy atom. The Morgan fingerprint density at radius 3 is 2.13 bits per heavy atom. The van der Waals surface area contributed by atoms with Crippen LogP contribution in [0.4, 0.5) is 0 Å². The lowest BCUT2D eigenvalue weighted by atomic mass is 9.84. The molecule has 0 amide bonds. The van der Waals surface area contributed by atoms with E-state index in [0.717, 1.165) is 19.5 Å². The van der Waals surface area contributed by atoms with Crippen molar-refractivity contribution in [2.75, 3.05) is 20.2 Å². The Labute approximate surface area is 95.8 Å². The van der Waals surface area contributed by atoms with Gasteiger partial charge in [0.25, 0.3) is 0 Å². The normalized spacial score (nSPS) is 13.2. The summed E-state index contributed by atoms with van der Waals surface area (Å²) in [7, 11) is 1.79. The predicted molar refractivity (Wildman–Crippen MR) is 67.3 cm³/mol. The Bertz CT molecular complexity index is 164. The SMILES string of the molecule is CCCNCC(C)(C)CCC(C)(C)OC. The molecule has 0 radical (unpaired) electrons. The number of hydrogen-bond acceptors (Lipinski definition) is 2. The highest BCUT2D eigenvalue weighted by molar-refractivity contribution is 4.77. The maximum atomic E-state index is 5.44. The van der Waals surface area contributed by atoms with Crippen LogP contribution in [0.1, 0.15) is 53.9 Å². The van der Waals surface area contributed by atoms with E-state index in [1.165, 1.54) is 12.8 Å². The van der Waals surface area contributed by atoms with Crippen molar-refractivity contribution in [1.82, 2.24) is 5.32 Å². The van der Waals surface area contributed by atoms with Crippen molar-refractivity contribution in [3.63, 3.8) is 0 Å². The second-order valence-corrected chi connectivity index (χ2v) is 5.80. The molecule has 0 bridgehead atoms. The average molecular weight is 215 g/mol. The van der Waals surface area contributed by atoms with Gasteiger partial charge in [0.2, 0.25) is 0 Å². The minimum absolute atomic E-state index is 0.0159. The largest absolute Gasteiger partial charge is 0.379 e. The molecule has 0 saturated carbocycles. The van der Waals surface area contributed by atoms with E-state index < -0.39 is 0 Å². The number of methoxy groups -OCH3 is 1. The molecular formula is C13H29NO. The van der Waals surface area contributed by atoms with E-state index in [-0.39, 0.29) is 5.60 Å². The van der Waals surface area contributed by atoms with Gasteiger partial charge in [0.1, 0.15) is 0 Å². The topological polar surface area (TPSA) is 21.3 Å². The van der Waals surface area contributed by atoms with Crippen molar-refractivity contribution < 1.29 is 4.74 Å². The maximum Gasteiger partial charge on any atom is 0.0623 e. The van der Waals surface area contributed by atoms with Gasteiger partial charge in [-0.05, 0) is 45.1 Å². The molecule has 0 unspecified atom stereocenters. The molecule has 0 aliphatic carbocycles. The fourth-order valence-corrected chi connectivity index (χ4v) is 1.43. The molecule has 0 aromatic heterocycles. The highest BCUT2D eigenvalue weighted by atomic mass is 16.5. The Kier molecular flexibility index (Phi) is 6.46. The predicted octanol–water partition coefficient (Wildman–Crippen LogP) is 3.22. The minimum atomic E-state index is 0.0159. The third-order valence-corrected chi connectivity index (χ3v) is 2.99. The van der Waals surface area contributed by atoms with Gasteiger partial charge in [0.05, 0.1) is 5.60 Å². The lowest BCUT2D eigenvalue weighted by Crippen LogP contribution is -2.32. The summed E-state index contributed by atoms with van der Waals surface area (Å²) in [5.74, 6) is 0. The number of nitrogens with one attached hydrogen (secondary N) is 1. The highest BCUT2D eigenvalue weighted by Crippen LogP contribution is 2.27. The van der Waals surface area contributed by atoms with Crippen LogP contribution in [0.15, 0.2) is 0 Å². The summed E-state index contributed by atoms with van der Waals surface area (Å²) in [5, 5.41) is 3.49. The molecule has 0 aromatic rings. The summed E-state index contributed by atoms with van der Waals surface area (Å²) in [6.45, 7) is 13.4. The standard InChI is InChI=1S/C13H29NO/c1-7-10-14-11-12(2,3)8-9-13(4,5)15-6/h14H,7-11H2,1-6H3. The summed E-state index contributed by atoms with van der Waals surface area (Å²) in [6.07, 6.45) is 3.52. The fraction of sp³-hybridized carbons (Fsp3) is 1.00. The van der Waals surface area contributed by atoms with Gasteiger partial charge in [-0.15, -0.1) is 0 Å². The van der Waals surface area contributed by atoms with Crippen LogP contribution in [0.25, 0.3) is 0 Å². The zero-order valence-electron chi connectivity index (χ0n) is 11.4. The van der Waals surface area contributed by atoms with Crippen molar-refractivity contribution in [3.8, 4) is 0 Å². The van der Waals surface area contributed by atoms with Crippen molar-refractivity contribution in [2.45, 2.75) is 59.5 Å². The molecule has 15 heavy (non-hydrogen) atoms. The lowest BCUT2D eigenvalue weighted by Gasteiger charge is -2.30. The summed E-state index contributed by atoms with van der Waals surface area (Å²) >= 11 is 0. The van der Waals surface area contributed by atoms with Crippen molar-refractivity contribution in [2.24, 2.45) is 5.41 Å².